The minimum Gasteiger partial charge on any atom is -0.313 e. The first-order chi connectivity index (χ1) is 6.29. The highest BCUT2D eigenvalue weighted by Gasteiger charge is 2.05. The molecular weight excluding hydrogens is 184 g/mol. The predicted molar refractivity (Wildman–Crippen MR) is 52.9 cm³/mol. The molecule has 0 bridgehead atoms. The van der Waals surface area contributed by atoms with Gasteiger partial charge in [0.1, 0.15) is 0 Å². The average Bonchev–Trinajstić information content (AvgIpc) is 2.62. The van der Waals surface area contributed by atoms with Crippen molar-refractivity contribution < 1.29 is 0 Å². The van der Waals surface area contributed by atoms with Crippen LogP contribution in [0.5, 0.6) is 0 Å². The fourth-order valence-corrected chi connectivity index (χ4v) is 1.80. The molecule has 13 heavy (non-hydrogen) atoms. The molecular formula is C9H8N2OS. The molecule has 0 atom stereocenters. The van der Waals surface area contributed by atoms with E-state index in [4.69, 9.17) is 0 Å². The predicted octanol–water partition coefficient (Wildman–Crippen LogP) is 1.81. The molecule has 0 aliphatic rings. The molecule has 0 aliphatic carbocycles. The second-order valence-electron chi connectivity index (χ2n) is 2.72. The van der Waals surface area contributed by atoms with Crippen molar-refractivity contribution in [3.63, 3.8) is 0 Å². The van der Waals surface area contributed by atoms with Gasteiger partial charge in [0.25, 0.3) is 5.56 Å². The van der Waals surface area contributed by atoms with E-state index in [2.05, 4.69) is 9.97 Å². The van der Waals surface area contributed by atoms with Gasteiger partial charge in [-0.3, -0.25) is 4.79 Å². The second kappa shape index (κ2) is 3.14. The van der Waals surface area contributed by atoms with Gasteiger partial charge in [-0.15, -0.1) is 0 Å². The summed E-state index contributed by atoms with van der Waals surface area (Å²) in [5, 5.41) is 3.95. The smallest absolute Gasteiger partial charge is 0.254 e. The SMILES string of the molecule is Cc1c(-c2ccsc2)nc[nH]c1=O. The largest absolute Gasteiger partial charge is 0.313 e. The lowest BCUT2D eigenvalue weighted by Gasteiger charge is -1.98. The normalized spacial score (nSPS) is 10.2. The Morgan fingerprint density at radius 3 is 3.08 bits per heavy atom. The molecule has 0 spiro atoms. The Bertz CT molecular complexity index is 459. The van der Waals surface area contributed by atoms with Crippen LogP contribution in [0.1, 0.15) is 5.56 Å². The minimum absolute atomic E-state index is 0.0730. The number of nitrogens with zero attached hydrogens (tertiary/aromatic N) is 1. The molecule has 66 valence electrons. The van der Waals surface area contributed by atoms with Crippen molar-refractivity contribution in [2.45, 2.75) is 6.92 Å². The van der Waals surface area contributed by atoms with Gasteiger partial charge in [-0.2, -0.15) is 11.3 Å². The zero-order valence-electron chi connectivity index (χ0n) is 7.07. The van der Waals surface area contributed by atoms with E-state index in [1.54, 1.807) is 18.3 Å². The van der Waals surface area contributed by atoms with Gasteiger partial charge in [0.05, 0.1) is 12.0 Å². The highest BCUT2D eigenvalue weighted by Crippen LogP contribution is 2.20. The molecule has 2 heterocycles. The monoisotopic (exact) mass is 192 g/mol. The molecule has 0 radical (unpaired) electrons. The third-order valence-electron chi connectivity index (χ3n) is 1.88. The quantitative estimate of drug-likeness (QED) is 0.749. The summed E-state index contributed by atoms with van der Waals surface area (Å²) in [6.07, 6.45) is 1.43. The zero-order valence-corrected chi connectivity index (χ0v) is 7.89. The molecule has 2 rings (SSSR count). The molecule has 3 nitrogen and oxygen atoms in total. The lowest BCUT2D eigenvalue weighted by molar-refractivity contribution is 1.08. The fourth-order valence-electron chi connectivity index (χ4n) is 1.16. The molecule has 0 unspecified atom stereocenters. The highest BCUT2D eigenvalue weighted by molar-refractivity contribution is 7.08. The van der Waals surface area contributed by atoms with Crippen molar-refractivity contribution in [2.75, 3.05) is 0 Å². The van der Waals surface area contributed by atoms with Crippen molar-refractivity contribution in [1.82, 2.24) is 9.97 Å². The summed E-state index contributed by atoms with van der Waals surface area (Å²) in [7, 11) is 0. The van der Waals surface area contributed by atoms with E-state index in [9.17, 15) is 4.79 Å². The maximum Gasteiger partial charge on any atom is 0.254 e. The van der Waals surface area contributed by atoms with Crippen LogP contribution in [0.15, 0.2) is 27.9 Å². The van der Waals surface area contributed by atoms with Gasteiger partial charge in [0.15, 0.2) is 0 Å². The van der Waals surface area contributed by atoms with Crippen molar-refractivity contribution in [3.8, 4) is 11.3 Å². The first kappa shape index (κ1) is 8.19. The first-order valence-corrected chi connectivity index (χ1v) is 4.80. The van der Waals surface area contributed by atoms with Crippen molar-refractivity contribution in [3.05, 3.63) is 39.1 Å². The maximum atomic E-state index is 11.2. The lowest BCUT2D eigenvalue weighted by Crippen LogP contribution is -2.10. The Balaban J connectivity index is 2.66. The van der Waals surface area contributed by atoms with Crippen LogP contribution in [0.2, 0.25) is 0 Å². The number of aromatic nitrogens is 2. The third-order valence-corrected chi connectivity index (χ3v) is 2.56. The fraction of sp³-hybridized carbons (Fsp3) is 0.111. The van der Waals surface area contributed by atoms with Crippen LogP contribution < -0.4 is 5.56 Å². The summed E-state index contributed by atoms with van der Waals surface area (Å²) in [5.74, 6) is 0. The Hall–Kier alpha value is -1.42. The topological polar surface area (TPSA) is 45.8 Å². The minimum atomic E-state index is -0.0730. The number of thiophene rings is 1. The van der Waals surface area contributed by atoms with E-state index in [0.29, 0.717) is 5.56 Å². The van der Waals surface area contributed by atoms with Crippen LogP contribution in [0.4, 0.5) is 0 Å². The molecule has 0 saturated heterocycles. The molecule has 0 fully saturated rings. The number of hydrogen-bond donors (Lipinski definition) is 1. The number of nitrogens with one attached hydrogen (secondary N) is 1. The molecule has 2 aromatic rings. The van der Waals surface area contributed by atoms with Crippen LogP contribution in [0.25, 0.3) is 11.3 Å². The molecule has 0 amide bonds. The van der Waals surface area contributed by atoms with Gasteiger partial charge in [0, 0.05) is 16.5 Å². The first-order valence-electron chi connectivity index (χ1n) is 3.86. The van der Waals surface area contributed by atoms with Gasteiger partial charge in [0.2, 0.25) is 0 Å². The van der Waals surface area contributed by atoms with E-state index in [0.717, 1.165) is 11.3 Å². The lowest BCUT2D eigenvalue weighted by atomic mass is 10.1. The third kappa shape index (κ3) is 1.40. The highest BCUT2D eigenvalue weighted by atomic mass is 32.1. The van der Waals surface area contributed by atoms with E-state index < -0.39 is 0 Å². The van der Waals surface area contributed by atoms with Gasteiger partial charge < -0.3 is 4.98 Å². The summed E-state index contributed by atoms with van der Waals surface area (Å²) in [6, 6.07) is 1.96. The van der Waals surface area contributed by atoms with Gasteiger partial charge in [-0.25, -0.2) is 4.98 Å². The van der Waals surface area contributed by atoms with Crippen molar-refractivity contribution >= 4 is 11.3 Å². The van der Waals surface area contributed by atoms with Crippen LogP contribution in [-0.4, -0.2) is 9.97 Å². The van der Waals surface area contributed by atoms with E-state index in [1.807, 2.05) is 16.8 Å². The second-order valence-corrected chi connectivity index (χ2v) is 3.50. The summed E-state index contributed by atoms with van der Waals surface area (Å²) >= 11 is 1.60. The molecule has 1 N–H and O–H groups in total. The summed E-state index contributed by atoms with van der Waals surface area (Å²) < 4.78 is 0. The molecule has 4 heteroatoms. The molecule has 2 aromatic heterocycles. The number of hydrogen-bond acceptors (Lipinski definition) is 3. The van der Waals surface area contributed by atoms with Crippen LogP contribution in [0.3, 0.4) is 0 Å². The number of rotatable bonds is 1. The Labute approximate surface area is 79.1 Å². The van der Waals surface area contributed by atoms with Crippen LogP contribution in [0, 0.1) is 6.92 Å². The average molecular weight is 192 g/mol. The van der Waals surface area contributed by atoms with Crippen molar-refractivity contribution in [2.24, 2.45) is 0 Å². The molecule has 0 aromatic carbocycles. The van der Waals surface area contributed by atoms with Gasteiger partial charge in [-0.1, -0.05) is 0 Å². The summed E-state index contributed by atoms with van der Waals surface area (Å²) in [4.78, 5) is 17.9. The van der Waals surface area contributed by atoms with Crippen LogP contribution in [-0.2, 0) is 0 Å². The van der Waals surface area contributed by atoms with E-state index in [1.165, 1.54) is 6.33 Å². The number of aromatic amines is 1. The zero-order chi connectivity index (χ0) is 9.26. The standard InChI is InChI=1S/C9H8N2OS/c1-6-8(7-2-3-13-4-7)10-5-11-9(6)12/h2-5H,1H3,(H,10,11,12). The number of H-pyrrole nitrogens is 1. The van der Waals surface area contributed by atoms with Crippen LogP contribution >= 0.6 is 11.3 Å². The maximum absolute atomic E-state index is 11.2. The van der Waals surface area contributed by atoms with Crippen molar-refractivity contribution in [1.29, 1.82) is 0 Å². The van der Waals surface area contributed by atoms with E-state index in [-0.39, 0.29) is 5.56 Å². The Morgan fingerprint density at radius 1 is 1.54 bits per heavy atom. The van der Waals surface area contributed by atoms with E-state index >= 15 is 0 Å². The summed E-state index contributed by atoms with van der Waals surface area (Å²) in [5.41, 5.74) is 2.37. The van der Waals surface area contributed by atoms with Gasteiger partial charge in [-0.05, 0) is 18.4 Å². The Morgan fingerprint density at radius 2 is 2.38 bits per heavy atom. The van der Waals surface area contributed by atoms with Gasteiger partial charge >= 0.3 is 0 Å². The molecule has 0 saturated carbocycles. The Kier molecular flexibility index (Phi) is 1.98. The molecule has 0 aliphatic heterocycles. The summed E-state index contributed by atoms with van der Waals surface area (Å²) in [6.45, 7) is 1.78.